The van der Waals surface area contributed by atoms with Gasteiger partial charge in [0, 0.05) is 0 Å². The van der Waals surface area contributed by atoms with Gasteiger partial charge in [-0.2, -0.15) is 10.6 Å². The summed E-state index contributed by atoms with van der Waals surface area (Å²) in [7, 11) is 8.26. The van der Waals surface area contributed by atoms with Crippen LogP contribution >= 0.6 is 18.5 Å². The van der Waals surface area contributed by atoms with Gasteiger partial charge >= 0.3 is 0 Å². The first-order chi connectivity index (χ1) is 19.7. The largest absolute Gasteiger partial charge is 0.524 e. The molecule has 0 N–H and O–H groups in total. The topological polar surface area (TPSA) is 0 Å². The lowest BCUT2D eigenvalue weighted by atomic mass is 9.73. The van der Waals surface area contributed by atoms with Gasteiger partial charge in [0.15, 0.2) is 0 Å². The molecule has 0 aliphatic rings. The quantitative estimate of drug-likeness (QED) is 0.170. The third-order valence-corrected chi connectivity index (χ3v) is 11.0. The lowest BCUT2D eigenvalue weighted by Crippen LogP contribution is -2.30. The maximum Gasteiger partial charge on any atom is -0.0126 e. The monoisotopic (exact) mass is 636 g/mol. The van der Waals surface area contributed by atoms with Crippen LogP contribution in [0.15, 0.2) is 24.3 Å². The summed E-state index contributed by atoms with van der Waals surface area (Å²) in [6.45, 7) is 37.8. The first-order valence-corrected chi connectivity index (χ1v) is 18.5. The zero-order valence-corrected chi connectivity index (χ0v) is 34.0. The maximum atomic E-state index is 4.13. The minimum atomic E-state index is 0.109. The molecule has 0 heterocycles. The van der Waals surface area contributed by atoms with Crippen molar-refractivity contribution in [3.05, 3.63) is 57.6 Å². The van der Waals surface area contributed by atoms with Gasteiger partial charge in [-0.1, -0.05) is 196 Å². The zero-order chi connectivity index (χ0) is 34.1. The van der Waals surface area contributed by atoms with Crippen LogP contribution in [-0.4, -0.2) is 0 Å². The molecule has 0 aliphatic heterocycles. The number of hydrogen-bond acceptors (Lipinski definition) is 0. The van der Waals surface area contributed by atoms with Crippen molar-refractivity contribution in [3.63, 3.8) is 0 Å². The average molecular weight is 637 g/mol. The van der Waals surface area contributed by atoms with Gasteiger partial charge in [0.1, 0.15) is 0 Å². The minimum absolute atomic E-state index is 0.109. The van der Waals surface area contributed by atoms with Crippen molar-refractivity contribution < 1.29 is 0 Å². The molecule has 0 bridgehead atoms. The summed E-state index contributed by atoms with van der Waals surface area (Å²) >= 11 is 0. The van der Waals surface area contributed by atoms with Crippen molar-refractivity contribution >= 4 is 29.1 Å². The lowest BCUT2D eigenvalue weighted by Gasteiger charge is -2.38. The molecule has 2 heteroatoms. The van der Waals surface area contributed by atoms with Gasteiger partial charge in [0.05, 0.1) is 0 Å². The average Bonchev–Trinajstić information content (AvgIpc) is 2.82. The van der Waals surface area contributed by atoms with E-state index in [1.807, 2.05) is 0 Å². The van der Waals surface area contributed by atoms with Crippen LogP contribution < -0.4 is 10.6 Å². The summed E-state index contributed by atoms with van der Waals surface area (Å²) < 4.78 is 0. The third-order valence-electron chi connectivity index (χ3n) is 9.94. The van der Waals surface area contributed by atoms with Crippen molar-refractivity contribution in [1.29, 1.82) is 0 Å². The minimum Gasteiger partial charge on any atom is -0.524 e. The Kier molecular flexibility index (Phi) is 12.7. The van der Waals surface area contributed by atoms with E-state index in [1.165, 1.54) is 95.4 Å². The lowest BCUT2D eigenvalue weighted by molar-refractivity contribution is 0.426. The second-order valence-corrected chi connectivity index (χ2v) is 20.3. The Morgan fingerprint density at radius 1 is 0.364 bits per heavy atom. The number of hydrogen-bond donors (Lipinski definition) is 0. The van der Waals surface area contributed by atoms with E-state index in [4.69, 9.17) is 0 Å². The summed E-state index contributed by atoms with van der Waals surface area (Å²) in [5.74, 6) is 0. The van der Waals surface area contributed by atoms with E-state index in [1.54, 1.807) is 0 Å². The highest BCUT2D eigenvalue weighted by Crippen LogP contribution is 2.38. The predicted molar refractivity (Wildman–Crippen MR) is 207 cm³/mol. The molecule has 2 aromatic carbocycles. The summed E-state index contributed by atoms with van der Waals surface area (Å²) in [5.41, 5.74) is 9.49. The van der Waals surface area contributed by atoms with Crippen LogP contribution in [0.2, 0.25) is 0 Å². The van der Waals surface area contributed by atoms with Crippen molar-refractivity contribution in [2.24, 2.45) is 0 Å². The highest BCUT2D eigenvalue weighted by Gasteiger charge is 2.28. The van der Waals surface area contributed by atoms with Crippen LogP contribution in [0.4, 0.5) is 0 Å². The van der Waals surface area contributed by atoms with Gasteiger partial charge in [-0.25, -0.2) is 0 Å². The third kappa shape index (κ3) is 10.4. The summed E-state index contributed by atoms with van der Waals surface area (Å²) in [4.78, 5) is 0. The summed E-state index contributed by atoms with van der Waals surface area (Å²) in [6.07, 6.45) is 10.3. The number of benzene rings is 2. The molecule has 0 fully saturated rings. The molecular weight excluding hydrogens is 566 g/mol. The standard InChI is InChI=1S/C42H70P2/c1-37(2,3)29-25-31(39(7,8)9)35(43)33(27-29)41(13,14)23-21-19-17-18-20-22-24-42(15,16)34-28-30(38(4,5)6)26-32(36(34)44)40(10,11)12/h25-28,43-44H,17-24H2,1-16H3/q-2. The van der Waals surface area contributed by atoms with E-state index >= 15 is 0 Å². The SMILES string of the molecule is CC(C)(C)c1cc(C(C)(C)C)c([PH-])c(C(C)(C)CCCCCCCCC(C)(C)c2cc(C(C)(C)C)cc(C(C)(C)C)c2[PH-])c1. The molecule has 0 atom stereocenters. The fraction of sp³-hybridized carbons (Fsp3) is 0.714. The molecule has 2 rings (SSSR count). The number of unbranched alkanes of at least 4 members (excludes halogenated alkanes) is 5. The van der Waals surface area contributed by atoms with E-state index in [0.717, 1.165) is 0 Å². The predicted octanol–water partition coefficient (Wildman–Crippen LogP) is 12.8. The Labute approximate surface area is 280 Å². The molecule has 0 spiro atoms. The van der Waals surface area contributed by atoms with E-state index in [2.05, 4.69) is 154 Å². The van der Waals surface area contributed by atoms with Crippen molar-refractivity contribution in [2.75, 3.05) is 0 Å². The smallest absolute Gasteiger partial charge is 0.0126 e. The highest BCUT2D eigenvalue weighted by atomic mass is 31.0. The Balaban J connectivity index is 2.00. The maximum absolute atomic E-state index is 4.13. The second-order valence-electron chi connectivity index (χ2n) is 19.3. The molecule has 0 amide bonds. The molecule has 44 heavy (non-hydrogen) atoms. The Bertz CT molecular complexity index is 1150. The first kappa shape index (κ1) is 39.5. The fourth-order valence-corrected chi connectivity index (χ4v) is 8.23. The van der Waals surface area contributed by atoms with Crippen molar-refractivity contribution in [3.8, 4) is 0 Å². The molecule has 0 aliphatic carbocycles. The molecule has 0 radical (unpaired) electrons. The molecule has 250 valence electrons. The summed E-state index contributed by atoms with van der Waals surface area (Å²) in [6, 6.07) is 9.84. The van der Waals surface area contributed by atoms with Gasteiger partial charge in [0.25, 0.3) is 0 Å². The van der Waals surface area contributed by atoms with Crippen LogP contribution in [0.25, 0.3) is 0 Å². The van der Waals surface area contributed by atoms with Crippen molar-refractivity contribution in [2.45, 2.75) is 195 Å². The van der Waals surface area contributed by atoms with Gasteiger partial charge in [-0.15, -0.1) is 0 Å². The van der Waals surface area contributed by atoms with Gasteiger partial charge in [0.2, 0.25) is 0 Å². The van der Waals surface area contributed by atoms with Crippen LogP contribution in [0.1, 0.15) is 196 Å². The number of rotatable bonds is 11. The molecule has 0 saturated carbocycles. The molecule has 0 nitrogen and oxygen atoms in total. The Hall–Kier alpha value is -0.700. The van der Waals surface area contributed by atoms with E-state index in [-0.39, 0.29) is 32.5 Å². The normalized spacial score (nSPS) is 14.0. The zero-order valence-electron chi connectivity index (χ0n) is 32.0. The van der Waals surface area contributed by atoms with Gasteiger partial charge in [-0.3, -0.25) is 0 Å². The van der Waals surface area contributed by atoms with Crippen LogP contribution in [-0.2, 0) is 32.5 Å². The Morgan fingerprint density at radius 3 is 0.864 bits per heavy atom. The highest BCUT2D eigenvalue weighted by molar-refractivity contribution is 7.28. The van der Waals surface area contributed by atoms with Crippen molar-refractivity contribution in [1.82, 2.24) is 0 Å². The summed E-state index contributed by atoms with van der Waals surface area (Å²) in [5, 5.41) is 2.62. The van der Waals surface area contributed by atoms with Crippen LogP contribution in [0.3, 0.4) is 0 Å². The molecule has 0 saturated heterocycles. The van der Waals surface area contributed by atoms with E-state index in [9.17, 15) is 0 Å². The second kappa shape index (κ2) is 14.2. The van der Waals surface area contributed by atoms with Gasteiger partial charge in [-0.05, 0) is 56.5 Å². The van der Waals surface area contributed by atoms with E-state index < -0.39 is 0 Å². The molecule has 0 unspecified atom stereocenters. The molecule has 0 aromatic heterocycles. The molecule has 2 aromatic rings. The first-order valence-electron chi connectivity index (χ1n) is 17.5. The fourth-order valence-electron chi connectivity index (χ4n) is 6.51. The van der Waals surface area contributed by atoms with Crippen LogP contribution in [0, 0.1) is 0 Å². The van der Waals surface area contributed by atoms with Gasteiger partial charge < -0.3 is 18.5 Å². The van der Waals surface area contributed by atoms with E-state index in [0.29, 0.717) is 0 Å². The van der Waals surface area contributed by atoms with Crippen LogP contribution in [0.5, 0.6) is 0 Å². The molecular formula is C42H70P2-2. The Morgan fingerprint density at radius 2 is 0.614 bits per heavy atom.